The minimum Gasteiger partial charge on any atom is -0.457 e. The molecule has 0 spiro atoms. The molecule has 0 bridgehead atoms. The molecule has 8 heteroatoms. The molecule has 3 heterocycles. The lowest BCUT2D eigenvalue weighted by Crippen LogP contribution is -2.31. The van der Waals surface area contributed by atoms with Gasteiger partial charge in [-0.25, -0.2) is 4.79 Å². The monoisotopic (exact) mass is 451 g/mol. The van der Waals surface area contributed by atoms with E-state index in [9.17, 15) is 14.9 Å². The first-order valence-corrected chi connectivity index (χ1v) is 10.9. The van der Waals surface area contributed by atoms with Crippen LogP contribution < -0.4 is 10.4 Å². The molecule has 34 heavy (non-hydrogen) atoms. The highest BCUT2D eigenvalue weighted by Gasteiger charge is 2.31. The summed E-state index contributed by atoms with van der Waals surface area (Å²) >= 11 is 0. The van der Waals surface area contributed by atoms with Gasteiger partial charge in [-0.2, -0.15) is 5.26 Å². The van der Waals surface area contributed by atoms with Crippen LogP contribution in [0.15, 0.2) is 84.4 Å². The summed E-state index contributed by atoms with van der Waals surface area (Å²) in [6.07, 6.45) is 4.93. The smallest absolute Gasteiger partial charge is 0.334 e. The van der Waals surface area contributed by atoms with Gasteiger partial charge in [0.1, 0.15) is 17.6 Å². The molecule has 0 radical (unpaired) electrons. The Morgan fingerprint density at radius 2 is 1.85 bits per heavy atom. The molecule has 2 aromatic carbocycles. The molecule has 1 amide bonds. The van der Waals surface area contributed by atoms with Crippen molar-refractivity contribution in [3.05, 3.63) is 95.7 Å². The molecule has 0 N–H and O–H groups in total. The Kier molecular flexibility index (Phi) is 5.44. The molecule has 168 valence electrons. The molecule has 1 unspecified atom stereocenters. The lowest BCUT2D eigenvalue weighted by atomic mass is 10.2. The molecule has 4 aromatic rings. The number of imidazole rings is 1. The second-order valence-corrected chi connectivity index (χ2v) is 7.99. The molecule has 1 aliphatic heterocycles. The zero-order chi connectivity index (χ0) is 23.7. The first-order chi connectivity index (χ1) is 16.6. The number of ether oxygens (including phenoxy) is 1. The van der Waals surface area contributed by atoms with Crippen molar-refractivity contribution in [3.63, 3.8) is 0 Å². The second kappa shape index (κ2) is 8.71. The van der Waals surface area contributed by atoms with Gasteiger partial charge in [0.05, 0.1) is 34.5 Å². The Morgan fingerprint density at radius 3 is 2.56 bits per heavy atom. The van der Waals surface area contributed by atoms with Crippen molar-refractivity contribution < 1.29 is 9.53 Å². The van der Waals surface area contributed by atoms with Crippen molar-refractivity contribution in [2.75, 3.05) is 13.1 Å². The average Bonchev–Trinajstić information content (AvgIpc) is 3.47. The summed E-state index contributed by atoms with van der Waals surface area (Å²) in [6.45, 7) is 4.45. The summed E-state index contributed by atoms with van der Waals surface area (Å²) in [6, 6.07) is 18.5. The van der Waals surface area contributed by atoms with Crippen molar-refractivity contribution in [1.82, 2.24) is 19.0 Å². The fourth-order valence-electron chi connectivity index (χ4n) is 4.41. The Morgan fingerprint density at radius 1 is 1.12 bits per heavy atom. The van der Waals surface area contributed by atoms with Gasteiger partial charge in [0.25, 0.3) is 0 Å². The van der Waals surface area contributed by atoms with Crippen LogP contribution in [0.25, 0.3) is 16.7 Å². The number of fused-ring (bicyclic) bond motifs is 1. The first kappa shape index (κ1) is 21.2. The van der Waals surface area contributed by atoms with Gasteiger partial charge in [-0.1, -0.05) is 24.8 Å². The van der Waals surface area contributed by atoms with Crippen molar-refractivity contribution >= 4 is 16.9 Å². The van der Waals surface area contributed by atoms with E-state index in [4.69, 9.17) is 4.74 Å². The molecule has 0 saturated carbocycles. The van der Waals surface area contributed by atoms with E-state index in [1.165, 1.54) is 12.3 Å². The van der Waals surface area contributed by atoms with Gasteiger partial charge in [-0.15, -0.1) is 0 Å². The van der Waals surface area contributed by atoms with Gasteiger partial charge in [0.15, 0.2) is 0 Å². The predicted octanol–water partition coefficient (Wildman–Crippen LogP) is 3.81. The number of hydrogen-bond acceptors (Lipinski definition) is 5. The fraction of sp³-hybridized carbons (Fsp3) is 0.154. The SMILES string of the molecule is C=CC(=O)N1CCC(n2c(=O)n(-c3ccc(Oc4ccccc4)cc3)c3cncc(C#N)c32)C1. The molecular weight excluding hydrogens is 430 g/mol. The van der Waals surface area contributed by atoms with Crippen LogP contribution in [-0.2, 0) is 4.79 Å². The number of aromatic nitrogens is 3. The lowest BCUT2D eigenvalue weighted by Gasteiger charge is -2.15. The van der Waals surface area contributed by atoms with E-state index in [1.54, 1.807) is 44.5 Å². The van der Waals surface area contributed by atoms with E-state index in [0.29, 0.717) is 53.3 Å². The van der Waals surface area contributed by atoms with E-state index in [2.05, 4.69) is 17.6 Å². The highest BCUT2D eigenvalue weighted by Crippen LogP contribution is 2.29. The summed E-state index contributed by atoms with van der Waals surface area (Å²) < 4.78 is 9.04. The van der Waals surface area contributed by atoms with Crippen LogP contribution in [0.5, 0.6) is 11.5 Å². The minimum atomic E-state index is -0.283. The van der Waals surface area contributed by atoms with Gasteiger partial charge in [0, 0.05) is 19.3 Å². The predicted molar refractivity (Wildman–Crippen MR) is 127 cm³/mol. The molecular formula is C26H21N5O3. The van der Waals surface area contributed by atoms with Crippen LogP contribution in [0, 0.1) is 11.3 Å². The van der Waals surface area contributed by atoms with Crippen molar-refractivity contribution in [3.8, 4) is 23.3 Å². The van der Waals surface area contributed by atoms with Crippen LogP contribution in [0.4, 0.5) is 0 Å². The zero-order valence-corrected chi connectivity index (χ0v) is 18.3. The number of likely N-dealkylation sites (tertiary alicyclic amines) is 1. The van der Waals surface area contributed by atoms with Gasteiger partial charge >= 0.3 is 5.69 Å². The van der Waals surface area contributed by atoms with Crippen LogP contribution in [0.3, 0.4) is 0 Å². The maximum absolute atomic E-state index is 13.7. The standard InChI is InChI=1S/C26H21N5O3/c1-2-24(32)29-13-12-20(17-29)31-25-18(14-27)15-28-16-23(25)30(26(31)33)19-8-10-22(11-9-19)34-21-6-4-3-5-7-21/h2-11,15-16,20H,1,12-13,17H2. The van der Waals surface area contributed by atoms with Gasteiger partial charge in [-0.3, -0.25) is 18.9 Å². The molecule has 5 rings (SSSR count). The second-order valence-electron chi connectivity index (χ2n) is 7.99. The third-order valence-electron chi connectivity index (χ3n) is 5.99. The van der Waals surface area contributed by atoms with Crippen molar-refractivity contribution in [2.24, 2.45) is 0 Å². The number of nitrogens with zero attached hydrogens (tertiary/aromatic N) is 5. The molecule has 1 saturated heterocycles. The molecule has 2 aromatic heterocycles. The van der Waals surface area contributed by atoms with Gasteiger partial charge in [-0.05, 0) is 48.9 Å². The van der Waals surface area contributed by atoms with Crippen molar-refractivity contribution in [1.29, 1.82) is 5.26 Å². The van der Waals surface area contributed by atoms with Crippen LogP contribution in [0.2, 0.25) is 0 Å². The Balaban J connectivity index is 1.58. The maximum Gasteiger partial charge on any atom is 0.334 e. The Labute approximate surface area is 195 Å². The molecule has 1 atom stereocenters. The number of rotatable bonds is 5. The maximum atomic E-state index is 13.7. The molecule has 1 fully saturated rings. The number of nitriles is 1. The summed E-state index contributed by atoms with van der Waals surface area (Å²) in [4.78, 5) is 31.6. The van der Waals surface area contributed by atoms with Gasteiger partial charge < -0.3 is 9.64 Å². The normalized spacial score (nSPS) is 15.3. The van der Waals surface area contributed by atoms with Crippen LogP contribution >= 0.6 is 0 Å². The highest BCUT2D eigenvalue weighted by atomic mass is 16.5. The summed E-state index contributed by atoms with van der Waals surface area (Å²) in [5.74, 6) is 1.18. The third kappa shape index (κ3) is 3.63. The summed E-state index contributed by atoms with van der Waals surface area (Å²) in [5.41, 5.74) is 1.71. The number of benzene rings is 2. The van der Waals surface area contributed by atoms with E-state index in [0.717, 1.165) is 0 Å². The van der Waals surface area contributed by atoms with Gasteiger partial charge in [0.2, 0.25) is 5.91 Å². The largest absolute Gasteiger partial charge is 0.457 e. The molecule has 0 aliphatic carbocycles. The minimum absolute atomic E-state index is 0.171. The van der Waals surface area contributed by atoms with E-state index in [-0.39, 0.29) is 17.6 Å². The summed E-state index contributed by atoms with van der Waals surface area (Å²) in [7, 11) is 0. The highest BCUT2D eigenvalue weighted by molar-refractivity contribution is 5.87. The fourth-order valence-corrected chi connectivity index (χ4v) is 4.41. The third-order valence-corrected chi connectivity index (χ3v) is 5.99. The van der Waals surface area contributed by atoms with Crippen LogP contribution in [-0.4, -0.2) is 38.0 Å². The number of amides is 1. The Hall–Kier alpha value is -4.64. The number of pyridine rings is 1. The molecule has 1 aliphatic rings. The average molecular weight is 451 g/mol. The van der Waals surface area contributed by atoms with Crippen molar-refractivity contribution in [2.45, 2.75) is 12.5 Å². The van der Waals surface area contributed by atoms with Crippen LogP contribution in [0.1, 0.15) is 18.0 Å². The topological polar surface area (TPSA) is 93.2 Å². The van der Waals surface area contributed by atoms with E-state index < -0.39 is 0 Å². The number of carbonyl (C=O) groups is 1. The zero-order valence-electron chi connectivity index (χ0n) is 18.3. The van der Waals surface area contributed by atoms with E-state index in [1.807, 2.05) is 30.3 Å². The quantitative estimate of drug-likeness (QED) is 0.430. The first-order valence-electron chi connectivity index (χ1n) is 10.9. The molecule has 8 nitrogen and oxygen atoms in total. The number of hydrogen-bond donors (Lipinski definition) is 0. The van der Waals surface area contributed by atoms with E-state index >= 15 is 0 Å². The lowest BCUT2D eigenvalue weighted by molar-refractivity contribution is -0.125. The number of carbonyl (C=O) groups excluding carboxylic acids is 1. The number of para-hydroxylation sites is 1. The Bertz CT molecular complexity index is 1480. The summed E-state index contributed by atoms with van der Waals surface area (Å²) in [5, 5.41) is 9.72.